The van der Waals surface area contributed by atoms with E-state index in [4.69, 9.17) is 0 Å². The van der Waals surface area contributed by atoms with E-state index in [2.05, 4.69) is 85.9 Å². The molecule has 4 aromatic rings. The molecule has 0 nitrogen and oxygen atoms in total. The summed E-state index contributed by atoms with van der Waals surface area (Å²) in [5, 5.41) is 8.51. The molecule has 0 saturated heterocycles. The maximum Gasteiger partial charge on any atom is 4.00 e. The van der Waals surface area contributed by atoms with Crippen molar-refractivity contribution in [1.82, 2.24) is 0 Å². The Morgan fingerprint density at radius 2 is 1.04 bits per heavy atom. The van der Waals surface area contributed by atoms with Gasteiger partial charge in [0.25, 0.3) is 0 Å². The smallest absolute Gasteiger partial charge is 1.00 e. The predicted octanol–water partition coefficient (Wildman–Crippen LogP) is -1.74. The molecule has 0 amide bonds. The molecule has 0 saturated carbocycles. The Kier molecular flexibility index (Phi) is 7.62. The van der Waals surface area contributed by atoms with Crippen molar-refractivity contribution in [3.63, 3.8) is 0 Å². The van der Waals surface area contributed by atoms with E-state index < -0.39 is 8.07 Å². The van der Waals surface area contributed by atoms with Gasteiger partial charge in [-0.1, -0.05) is 25.2 Å². The third-order valence-electron chi connectivity index (χ3n) is 4.68. The van der Waals surface area contributed by atoms with Gasteiger partial charge < -0.3 is 34.0 Å². The molecule has 0 fully saturated rings. The first kappa shape index (κ1) is 21.8. The van der Waals surface area contributed by atoms with Gasteiger partial charge in [-0.3, -0.25) is 0 Å². The minimum absolute atomic E-state index is 0. The Hall–Kier alpha value is -0.280. The maximum atomic E-state index is 2.45. The molecule has 0 heterocycles. The third-order valence-corrected chi connectivity index (χ3v) is 8.14. The van der Waals surface area contributed by atoms with E-state index in [0.29, 0.717) is 0 Å². The van der Waals surface area contributed by atoms with Crippen molar-refractivity contribution in [3.8, 4) is 0 Å². The van der Waals surface area contributed by atoms with Crippen molar-refractivity contribution in [2.75, 3.05) is 0 Å². The van der Waals surface area contributed by atoms with Crippen molar-refractivity contribution in [2.24, 2.45) is 0 Å². The minimum Gasteiger partial charge on any atom is -1.00 e. The summed E-state index contributed by atoms with van der Waals surface area (Å²) >= 11 is 0. The maximum absolute atomic E-state index is 2.45. The van der Waals surface area contributed by atoms with Gasteiger partial charge in [0.15, 0.2) is 0 Å². The fourth-order valence-electron chi connectivity index (χ4n) is 3.19. The van der Waals surface area contributed by atoms with E-state index in [1.807, 2.05) is 0 Å². The first-order valence-electron chi connectivity index (χ1n) is 7.46. The quantitative estimate of drug-likeness (QED) is 0.211. The van der Waals surface area contributed by atoms with Crippen LogP contribution < -0.4 is 44.3 Å². The van der Waals surface area contributed by atoms with Gasteiger partial charge in [-0.05, 0) is 0 Å². The van der Waals surface area contributed by atoms with E-state index in [0.717, 1.165) is 0 Å². The van der Waals surface area contributed by atoms with Gasteiger partial charge in [0.1, 0.15) is 0 Å². The number of rotatable bonds is 2. The molecule has 0 aliphatic rings. The van der Waals surface area contributed by atoms with Gasteiger partial charge in [-0.25, -0.2) is 0 Å². The fourth-order valence-corrected chi connectivity index (χ4v) is 5.59. The van der Waals surface area contributed by atoms with Crippen LogP contribution >= 0.6 is 0 Å². The van der Waals surface area contributed by atoms with Crippen molar-refractivity contribution in [2.45, 2.75) is 13.1 Å². The number of hydrogen-bond donors (Lipinski definition) is 0. The topological polar surface area (TPSA) is 0 Å². The number of halogens is 2. The molecule has 0 aliphatic carbocycles. The van der Waals surface area contributed by atoms with Gasteiger partial charge in [-0.2, -0.15) is 22.9 Å². The second-order valence-electron chi connectivity index (χ2n) is 6.37. The molecule has 4 heteroatoms. The van der Waals surface area contributed by atoms with Gasteiger partial charge in [-0.15, -0.1) is 69.7 Å². The van der Waals surface area contributed by atoms with Gasteiger partial charge in [0, 0.05) is 0 Å². The van der Waals surface area contributed by atoms with E-state index in [9.17, 15) is 0 Å². The van der Waals surface area contributed by atoms with E-state index >= 15 is 0 Å². The number of hydrogen-bond acceptors (Lipinski definition) is 0. The SMILES string of the molecule is C[Si](C)(c1cc2ccccc2[cH-]1)c1cc2ccccc2[cH-]1.[Br-].[Br-].[Zr+4]. The number of fused-ring (bicyclic) bond motifs is 2. The average molecular weight is 537 g/mol. The Bertz CT molecular complexity index is 795. The van der Waals surface area contributed by atoms with Gasteiger partial charge >= 0.3 is 26.2 Å². The molecular weight excluding hydrogens is 519 g/mol. The number of benzene rings is 2. The van der Waals surface area contributed by atoms with Crippen LogP contribution in [-0.2, 0) is 26.2 Å². The Morgan fingerprint density at radius 3 is 1.42 bits per heavy atom. The van der Waals surface area contributed by atoms with Crippen LogP contribution in [0.15, 0.2) is 72.8 Å². The molecular formula is C20H18Br2SiZr. The van der Waals surface area contributed by atoms with Crippen molar-refractivity contribution in [1.29, 1.82) is 0 Å². The monoisotopic (exact) mass is 534 g/mol. The standard InChI is InChI=1S/C20H18Si.2BrH.Zr/c1-21(2,19-11-15-7-3-4-8-16(15)12-19)20-13-17-9-5-6-10-18(17)14-20;;;/h3-14H,1-2H3;2*1H;/q-2;;;+4/p-2. The second-order valence-corrected chi connectivity index (χ2v) is 10.8. The summed E-state index contributed by atoms with van der Waals surface area (Å²) in [5.41, 5.74) is 0. The normalized spacial score (nSPS) is 10.8. The molecule has 0 bridgehead atoms. The van der Waals surface area contributed by atoms with E-state index in [1.54, 1.807) is 0 Å². The van der Waals surface area contributed by atoms with Gasteiger partial charge in [0.2, 0.25) is 0 Å². The summed E-state index contributed by atoms with van der Waals surface area (Å²) in [7, 11) is -1.62. The zero-order valence-corrected chi connectivity index (χ0v) is 20.3. The third kappa shape index (κ3) is 3.77. The molecule has 4 aromatic carbocycles. The zero-order valence-electron chi connectivity index (χ0n) is 13.7. The molecule has 120 valence electrons. The molecule has 0 aromatic heterocycles. The molecule has 24 heavy (non-hydrogen) atoms. The molecule has 0 radical (unpaired) electrons. The summed E-state index contributed by atoms with van der Waals surface area (Å²) in [6, 6.07) is 26.9. The van der Waals surface area contributed by atoms with Crippen LogP contribution in [0.5, 0.6) is 0 Å². The Labute approximate surface area is 184 Å². The summed E-state index contributed by atoms with van der Waals surface area (Å²) in [6.07, 6.45) is 0. The first-order chi connectivity index (χ1) is 10.1. The molecule has 0 aliphatic heterocycles. The zero-order chi connectivity index (χ0) is 14.4. The van der Waals surface area contributed by atoms with Crippen molar-refractivity contribution < 1.29 is 60.2 Å². The Balaban J connectivity index is 0.000000960. The van der Waals surface area contributed by atoms with Crippen LogP contribution in [0.2, 0.25) is 13.1 Å². The summed E-state index contributed by atoms with van der Waals surface area (Å²) in [4.78, 5) is 0. The van der Waals surface area contributed by atoms with Crippen LogP contribution in [0, 0.1) is 0 Å². The molecule has 0 spiro atoms. The van der Waals surface area contributed by atoms with E-state index in [-0.39, 0.29) is 60.2 Å². The summed E-state index contributed by atoms with van der Waals surface area (Å²) in [6.45, 7) is 4.91. The van der Waals surface area contributed by atoms with Crippen LogP contribution in [-0.4, -0.2) is 8.07 Å². The van der Waals surface area contributed by atoms with Crippen LogP contribution in [0.1, 0.15) is 0 Å². The fraction of sp³-hybridized carbons (Fsp3) is 0.100. The average Bonchev–Trinajstić information content (AvgIpc) is 3.11. The van der Waals surface area contributed by atoms with Crippen molar-refractivity contribution >= 4 is 40.0 Å². The molecule has 0 N–H and O–H groups in total. The molecule has 0 atom stereocenters. The first-order valence-corrected chi connectivity index (χ1v) is 10.5. The van der Waals surface area contributed by atoms with Crippen LogP contribution in [0.4, 0.5) is 0 Å². The molecule has 0 unspecified atom stereocenters. The van der Waals surface area contributed by atoms with Crippen molar-refractivity contribution in [3.05, 3.63) is 72.8 Å². The summed E-state index contributed by atoms with van der Waals surface area (Å²) < 4.78 is 0. The second kappa shape index (κ2) is 8.40. The van der Waals surface area contributed by atoms with Crippen LogP contribution in [0.25, 0.3) is 21.5 Å². The predicted molar refractivity (Wildman–Crippen MR) is 95.8 cm³/mol. The van der Waals surface area contributed by atoms with Crippen LogP contribution in [0.3, 0.4) is 0 Å². The molecule has 4 rings (SSSR count). The largest absolute Gasteiger partial charge is 4.00 e. The summed E-state index contributed by atoms with van der Waals surface area (Å²) in [5.74, 6) is 0. The Morgan fingerprint density at radius 1 is 0.667 bits per heavy atom. The minimum atomic E-state index is -1.62. The van der Waals surface area contributed by atoms with Gasteiger partial charge in [0.05, 0.1) is 8.07 Å². The van der Waals surface area contributed by atoms with E-state index in [1.165, 1.54) is 31.9 Å².